The van der Waals surface area contributed by atoms with Crippen molar-refractivity contribution in [3.05, 3.63) is 23.8 Å². The maximum Gasteiger partial charge on any atom is 0.161 e. The summed E-state index contributed by atoms with van der Waals surface area (Å²) in [5, 5.41) is 3.58. The summed E-state index contributed by atoms with van der Waals surface area (Å²) in [5.41, 5.74) is 1.24. The monoisotopic (exact) mass is 281 g/mol. The largest absolute Gasteiger partial charge is 0.486 e. The lowest BCUT2D eigenvalue weighted by Gasteiger charge is -2.26. The van der Waals surface area contributed by atoms with E-state index in [4.69, 9.17) is 9.47 Å². The minimum absolute atomic E-state index is 0.252. The van der Waals surface area contributed by atoms with Gasteiger partial charge in [-0.2, -0.15) is 11.8 Å². The summed E-state index contributed by atoms with van der Waals surface area (Å²) < 4.78 is 11.4. The van der Waals surface area contributed by atoms with Crippen molar-refractivity contribution < 1.29 is 9.47 Å². The smallest absolute Gasteiger partial charge is 0.161 e. The van der Waals surface area contributed by atoms with Gasteiger partial charge in [-0.1, -0.05) is 6.07 Å². The topological polar surface area (TPSA) is 30.5 Å². The molecule has 3 nitrogen and oxygen atoms in total. The molecule has 1 aliphatic rings. The quantitative estimate of drug-likeness (QED) is 0.897. The van der Waals surface area contributed by atoms with Crippen LogP contribution in [0.4, 0.5) is 0 Å². The lowest BCUT2D eigenvalue weighted by Crippen LogP contribution is -2.33. The Morgan fingerprint density at radius 1 is 1.26 bits per heavy atom. The van der Waals surface area contributed by atoms with Gasteiger partial charge in [0.05, 0.1) is 0 Å². The van der Waals surface area contributed by atoms with Crippen molar-refractivity contribution in [2.75, 3.05) is 26.0 Å². The summed E-state index contributed by atoms with van der Waals surface area (Å²) in [4.78, 5) is 0. The van der Waals surface area contributed by atoms with E-state index in [1.165, 1.54) is 5.56 Å². The van der Waals surface area contributed by atoms with E-state index in [1.807, 2.05) is 17.8 Å². The van der Waals surface area contributed by atoms with Crippen LogP contribution in [0.2, 0.25) is 0 Å². The van der Waals surface area contributed by atoms with E-state index in [-0.39, 0.29) is 4.75 Å². The molecule has 4 heteroatoms. The first-order valence-corrected chi connectivity index (χ1v) is 7.92. The van der Waals surface area contributed by atoms with Crippen molar-refractivity contribution in [2.45, 2.75) is 31.6 Å². The average Bonchev–Trinajstić information content (AvgIpc) is 2.44. The second kappa shape index (κ2) is 6.06. The van der Waals surface area contributed by atoms with Gasteiger partial charge in [-0.25, -0.2) is 0 Å². The zero-order valence-corrected chi connectivity index (χ0v) is 13.0. The van der Waals surface area contributed by atoms with Gasteiger partial charge in [0, 0.05) is 17.3 Å². The number of hydrogen-bond donors (Lipinski definition) is 1. The van der Waals surface area contributed by atoms with Crippen molar-refractivity contribution in [1.82, 2.24) is 5.32 Å². The third kappa shape index (κ3) is 3.80. The molecule has 0 aromatic heterocycles. The van der Waals surface area contributed by atoms with Crippen LogP contribution in [-0.2, 0) is 0 Å². The SMILES string of the molecule is CSC(C)(C)CNC(C)c1ccc2c(c1)OCCO2. The first-order valence-electron chi connectivity index (χ1n) is 6.70. The maximum atomic E-state index is 5.62. The minimum Gasteiger partial charge on any atom is -0.486 e. The fourth-order valence-electron chi connectivity index (χ4n) is 1.92. The molecule has 0 aliphatic carbocycles. The molecule has 1 aromatic carbocycles. The van der Waals surface area contributed by atoms with Crippen LogP contribution in [0.5, 0.6) is 11.5 Å². The molecular weight excluding hydrogens is 258 g/mol. The number of thioether (sulfide) groups is 1. The molecule has 0 bridgehead atoms. The summed E-state index contributed by atoms with van der Waals surface area (Å²) in [7, 11) is 0. The van der Waals surface area contributed by atoms with Gasteiger partial charge < -0.3 is 14.8 Å². The van der Waals surface area contributed by atoms with Crippen LogP contribution in [0.25, 0.3) is 0 Å². The molecule has 19 heavy (non-hydrogen) atoms. The van der Waals surface area contributed by atoms with Crippen molar-refractivity contribution in [1.29, 1.82) is 0 Å². The van der Waals surface area contributed by atoms with Crippen molar-refractivity contribution in [2.24, 2.45) is 0 Å². The Morgan fingerprint density at radius 3 is 2.63 bits per heavy atom. The van der Waals surface area contributed by atoms with E-state index in [9.17, 15) is 0 Å². The second-order valence-corrected chi connectivity index (χ2v) is 6.98. The zero-order valence-electron chi connectivity index (χ0n) is 12.2. The average molecular weight is 281 g/mol. The lowest BCUT2D eigenvalue weighted by molar-refractivity contribution is 0.171. The molecule has 0 amide bonds. The number of ether oxygens (including phenoxy) is 2. The van der Waals surface area contributed by atoms with Gasteiger partial charge in [0.15, 0.2) is 11.5 Å². The Labute approximate surface area is 120 Å². The standard InChI is InChI=1S/C15H23NO2S/c1-11(16-10-15(2,3)19-4)12-5-6-13-14(9-12)18-8-7-17-13/h5-6,9,11,16H,7-8,10H2,1-4H3. The van der Waals surface area contributed by atoms with Crippen LogP contribution in [0.3, 0.4) is 0 Å². The molecule has 0 radical (unpaired) electrons. The highest BCUT2D eigenvalue weighted by Gasteiger charge is 2.18. The summed E-state index contributed by atoms with van der Waals surface area (Å²) >= 11 is 1.88. The van der Waals surface area contributed by atoms with E-state index in [1.54, 1.807) is 0 Å². The van der Waals surface area contributed by atoms with Crippen LogP contribution in [0.15, 0.2) is 18.2 Å². The fraction of sp³-hybridized carbons (Fsp3) is 0.600. The number of benzene rings is 1. The zero-order chi connectivity index (χ0) is 13.9. The fourth-order valence-corrected chi connectivity index (χ4v) is 2.15. The molecule has 1 unspecified atom stereocenters. The Balaban J connectivity index is 2.01. The highest BCUT2D eigenvalue weighted by atomic mass is 32.2. The molecule has 0 saturated carbocycles. The first-order chi connectivity index (χ1) is 9.02. The van der Waals surface area contributed by atoms with Crippen LogP contribution in [-0.4, -0.2) is 30.8 Å². The predicted molar refractivity (Wildman–Crippen MR) is 81.4 cm³/mol. The van der Waals surface area contributed by atoms with Crippen LogP contribution >= 0.6 is 11.8 Å². The molecule has 0 saturated heterocycles. The van der Waals surface area contributed by atoms with E-state index in [2.05, 4.69) is 44.5 Å². The molecule has 1 atom stereocenters. The first kappa shape index (κ1) is 14.5. The summed E-state index contributed by atoms with van der Waals surface area (Å²) in [6.07, 6.45) is 2.15. The Kier molecular flexibility index (Phi) is 4.63. The molecule has 106 valence electrons. The van der Waals surface area contributed by atoms with Crippen molar-refractivity contribution >= 4 is 11.8 Å². The van der Waals surface area contributed by atoms with Gasteiger partial charge in [-0.3, -0.25) is 0 Å². The highest BCUT2D eigenvalue weighted by molar-refractivity contribution is 7.99. The molecule has 2 rings (SSSR count). The minimum atomic E-state index is 0.252. The van der Waals surface area contributed by atoms with E-state index in [0.717, 1.165) is 18.0 Å². The van der Waals surface area contributed by atoms with Gasteiger partial charge >= 0.3 is 0 Å². The van der Waals surface area contributed by atoms with Crippen molar-refractivity contribution in [3.8, 4) is 11.5 Å². The number of fused-ring (bicyclic) bond motifs is 1. The maximum absolute atomic E-state index is 5.62. The van der Waals surface area contributed by atoms with Gasteiger partial charge in [-0.05, 0) is 44.7 Å². The van der Waals surface area contributed by atoms with Gasteiger partial charge in [-0.15, -0.1) is 0 Å². The number of rotatable bonds is 5. The molecular formula is C15H23NO2S. The Bertz CT molecular complexity index is 434. The Morgan fingerprint density at radius 2 is 1.95 bits per heavy atom. The third-order valence-electron chi connectivity index (χ3n) is 3.45. The van der Waals surface area contributed by atoms with E-state index < -0.39 is 0 Å². The summed E-state index contributed by atoms with van der Waals surface area (Å²) in [5.74, 6) is 1.72. The molecule has 1 heterocycles. The molecule has 0 fully saturated rings. The number of hydrogen-bond acceptors (Lipinski definition) is 4. The number of nitrogens with one attached hydrogen (secondary N) is 1. The van der Waals surface area contributed by atoms with Crippen molar-refractivity contribution in [3.63, 3.8) is 0 Å². The lowest BCUT2D eigenvalue weighted by atomic mass is 10.1. The van der Waals surface area contributed by atoms with Crippen LogP contribution in [0, 0.1) is 0 Å². The molecule has 1 N–H and O–H groups in total. The summed E-state index contributed by atoms with van der Waals surface area (Å²) in [6, 6.07) is 6.50. The molecule has 1 aromatic rings. The Hall–Kier alpha value is -0.870. The summed E-state index contributed by atoms with van der Waals surface area (Å²) in [6.45, 7) is 8.94. The van der Waals surface area contributed by atoms with Gasteiger partial charge in [0.25, 0.3) is 0 Å². The van der Waals surface area contributed by atoms with Crippen LogP contribution in [0.1, 0.15) is 32.4 Å². The van der Waals surface area contributed by atoms with E-state index >= 15 is 0 Å². The predicted octanol–water partition coefficient (Wildman–Crippen LogP) is 3.25. The van der Waals surface area contributed by atoms with Gasteiger partial charge in [0.2, 0.25) is 0 Å². The molecule has 1 aliphatic heterocycles. The molecule has 0 spiro atoms. The highest BCUT2D eigenvalue weighted by Crippen LogP contribution is 2.32. The third-order valence-corrected chi connectivity index (χ3v) is 4.70. The van der Waals surface area contributed by atoms with Gasteiger partial charge in [0.1, 0.15) is 13.2 Å². The van der Waals surface area contributed by atoms with Crippen LogP contribution < -0.4 is 14.8 Å². The van der Waals surface area contributed by atoms with E-state index in [0.29, 0.717) is 19.3 Å². The second-order valence-electron chi connectivity index (χ2n) is 5.47. The normalized spacial score (nSPS) is 16.2.